The molecule has 5 heteroatoms. The van der Waals surface area contributed by atoms with E-state index in [1.807, 2.05) is 36.7 Å². The van der Waals surface area contributed by atoms with Crippen molar-refractivity contribution in [1.82, 2.24) is 14.9 Å². The zero-order valence-corrected chi connectivity index (χ0v) is 14.7. The molecule has 4 rings (SSSR count). The maximum Gasteiger partial charge on any atom is 0.255 e. The second-order valence-electron chi connectivity index (χ2n) is 6.88. The van der Waals surface area contributed by atoms with Gasteiger partial charge in [0.2, 0.25) is 0 Å². The minimum Gasteiger partial charge on any atom is -0.507 e. The minimum absolute atomic E-state index is 0.0868. The second kappa shape index (κ2) is 7.20. The molecule has 0 spiro atoms. The first-order valence-corrected chi connectivity index (χ1v) is 9.25. The Morgan fingerprint density at radius 3 is 2.77 bits per heavy atom. The molecule has 0 fully saturated rings. The summed E-state index contributed by atoms with van der Waals surface area (Å²) in [7, 11) is 0. The van der Waals surface area contributed by atoms with Crippen molar-refractivity contribution in [2.24, 2.45) is 0 Å². The van der Waals surface area contributed by atoms with E-state index in [-0.39, 0.29) is 11.7 Å². The summed E-state index contributed by atoms with van der Waals surface area (Å²) in [4.78, 5) is 16.8. The summed E-state index contributed by atoms with van der Waals surface area (Å²) in [6.07, 6.45) is 6.92. The highest BCUT2D eigenvalue weighted by Crippen LogP contribution is 2.28. The third-order valence-corrected chi connectivity index (χ3v) is 5.09. The van der Waals surface area contributed by atoms with Crippen molar-refractivity contribution in [3.63, 3.8) is 0 Å². The van der Waals surface area contributed by atoms with Crippen molar-refractivity contribution in [1.29, 1.82) is 0 Å². The number of benzene rings is 2. The Hall–Kier alpha value is -2.82. The van der Waals surface area contributed by atoms with E-state index in [2.05, 4.69) is 14.9 Å². The molecule has 0 bridgehead atoms. The number of para-hydroxylation sites is 2. The van der Waals surface area contributed by atoms with Crippen LogP contribution >= 0.6 is 0 Å². The van der Waals surface area contributed by atoms with E-state index >= 15 is 0 Å². The minimum atomic E-state index is -0.202. The highest BCUT2D eigenvalue weighted by molar-refractivity contribution is 5.97. The van der Waals surface area contributed by atoms with Crippen LogP contribution in [-0.4, -0.2) is 27.1 Å². The number of fused-ring (bicyclic) bond motifs is 2. The maximum absolute atomic E-state index is 12.4. The van der Waals surface area contributed by atoms with Gasteiger partial charge in [-0.15, -0.1) is 0 Å². The molecule has 5 nitrogen and oxygen atoms in total. The maximum atomic E-state index is 12.4. The van der Waals surface area contributed by atoms with Gasteiger partial charge in [0.15, 0.2) is 0 Å². The molecule has 1 amide bonds. The molecular weight excluding hydrogens is 326 g/mol. The van der Waals surface area contributed by atoms with E-state index in [0.29, 0.717) is 12.1 Å². The normalized spacial score (nSPS) is 13.5. The van der Waals surface area contributed by atoms with Gasteiger partial charge in [-0.25, -0.2) is 4.98 Å². The third-order valence-electron chi connectivity index (χ3n) is 5.09. The fourth-order valence-corrected chi connectivity index (χ4v) is 3.69. The zero-order valence-electron chi connectivity index (χ0n) is 14.7. The smallest absolute Gasteiger partial charge is 0.255 e. The van der Waals surface area contributed by atoms with Gasteiger partial charge in [-0.05, 0) is 67.5 Å². The Bertz CT molecular complexity index is 946. The topological polar surface area (TPSA) is 67.2 Å². The Morgan fingerprint density at radius 1 is 1.15 bits per heavy atom. The fraction of sp³-hybridized carbons (Fsp3) is 0.333. The van der Waals surface area contributed by atoms with Crippen molar-refractivity contribution >= 4 is 16.9 Å². The molecule has 26 heavy (non-hydrogen) atoms. The first-order chi connectivity index (χ1) is 12.7. The highest BCUT2D eigenvalue weighted by atomic mass is 16.3. The number of hydrogen-bond acceptors (Lipinski definition) is 3. The van der Waals surface area contributed by atoms with Crippen molar-refractivity contribution in [3.05, 3.63) is 59.4 Å². The van der Waals surface area contributed by atoms with Gasteiger partial charge >= 0.3 is 0 Å². The van der Waals surface area contributed by atoms with Crippen molar-refractivity contribution in [3.8, 4) is 5.75 Å². The van der Waals surface area contributed by atoms with Gasteiger partial charge in [-0.3, -0.25) is 4.79 Å². The van der Waals surface area contributed by atoms with Crippen LogP contribution < -0.4 is 5.32 Å². The molecule has 1 aliphatic carbocycles. The SMILES string of the molecule is O=C(NCCCn1cnc2ccccc21)c1cc2c(cc1O)CCCC2. The number of amides is 1. The number of phenolic OH excluding ortho intramolecular Hbond substituents is 1. The number of phenols is 1. The molecule has 0 saturated carbocycles. The van der Waals surface area contributed by atoms with Crippen LogP contribution in [0.5, 0.6) is 5.75 Å². The lowest BCUT2D eigenvalue weighted by Gasteiger charge is -2.17. The third kappa shape index (κ3) is 3.29. The van der Waals surface area contributed by atoms with Crippen LogP contribution in [0.1, 0.15) is 40.7 Å². The number of imidazole rings is 1. The molecule has 0 unspecified atom stereocenters. The van der Waals surface area contributed by atoms with E-state index in [1.165, 1.54) is 11.1 Å². The summed E-state index contributed by atoms with van der Waals surface area (Å²) in [5.41, 5.74) is 4.85. The number of carbonyl (C=O) groups excluding carboxylic acids is 1. The molecule has 0 atom stereocenters. The van der Waals surface area contributed by atoms with Gasteiger partial charge in [0.05, 0.1) is 22.9 Å². The lowest BCUT2D eigenvalue weighted by Crippen LogP contribution is -2.25. The van der Waals surface area contributed by atoms with Gasteiger partial charge in [0.1, 0.15) is 5.75 Å². The summed E-state index contributed by atoms with van der Waals surface area (Å²) in [6, 6.07) is 11.6. The molecule has 0 saturated heterocycles. The predicted molar refractivity (Wildman–Crippen MR) is 101 cm³/mol. The lowest BCUT2D eigenvalue weighted by molar-refractivity contribution is 0.0950. The predicted octanol–water partition coefficient (Wildman–Crippen LogP) is 3.44. The van der Waals surface area contributed by atoms with Gasteiger partial charge in [0.25, 0.3) is 5.91 Å². The summed E-state index contributed by atoms with van der Waals surface area (Å²) < 4.78 is 2.10. The summed E-state index contributed by atoms with van der Waals surface area (Å²) in [6.45, 7) is 1.35. The number of nitrogens with zero attached hydrogens (tertiary/aromatic N) is 2. The monoisotopic (exact) mass is 349 g/mol. The molecule has 1 aliphatic rings. The molecule has 134 valence electrons. The Balaban J connectivity index is 1.35. The molecule has 0 aliphatic heterocycles. The Morgan fingerprint density at radius 2 is 1.92 bits per heavy atom. The summed E-state index contributed by atoms with van der Waals surface area (Å²) in [5.74, 6) is -0.116. The largest absolute Gasteiger partial charge is 0.507 e. The zero-order chi connectivity index (χ0) is 17.9. The average molecular weight is 349 g/mol. The van der Waals surface area contributed by atoms with E-state index in [1.54, 1.807) is 6.07 Å². The van der Waals surface area contributed by atoms with E-state index in [9.17, 15) is 9.90 Å². The number of aromatic hydroxyl groups is 1. The fourth-order valence-electron chi connectivity index (χ4n) is 3.69. The Labute approximate surface area is 152 Å². The van der Waals surface area contributed by atoms with E-state index in [4.69, 9.17) is 0 Å². The quantitative estimate of drug-likeness (QED) is 0.694. The van der Waals surface area contributed by atoms with Gasteiger partial charge in [-0.2, -0.15) is 0 Å². The second-order valence-corrected chi connectivity index (χ2v) is 6.88. The molecule has 3 aromatic rings. The standard InChI is InChI=1S/C21H23N3O2/c25-20-13-16-7-2-1-6-15(16)12-17(20)21(26)22-10-5-11-24-14-23-18-8-3-4-9-19(18)24/h3-4,8-9,12-14,25H,1-2,5-7,10-11H2,(H,22,26). The first-order valence-electron chi connectivity index (χ1n) is 9.25. The van der Waals surface area contributed by atoms with Crippen LogP contribution in [0, 0.1) is 0 Å². The van der Waals surface area contributed by atoms with Crippen LogP contribution in [0.2, 0.25) is 0 Å². The van der Waals surface area contributed by atoms with E-state index < -0.39 is 0 Å². The highest BCUT2D eigenvalue weighted by Gasteiger charge is 2.17. The van der Waals surface area contributed by atoms with Crippen LogP contribution in [0.3, 0.4) is 0 Å². The van der Waals surface area contributed by atoms with Crippen molar-refractivity contribution in [2.45, 2.75) is 38.6 Å². The Kier molecular flexibility index (Phi) is 4.61. The summed E-state index contributed by atoms with van der Waals surface area (Å²) in [5, 5.41) is 13.1. The average Bonchev–Trinajstić information content (AvgIpc) is 3.07. The van der Waals surface area contributed by atoms with Crippen molar-refractivity contribution < 1.29 is 9.90 Å². The number of aromatic nitrogens is 2. The number of nitrogens with one attached hydrogen (secondary N) is 1. The van der Waals surface area contributed by atoms with Crippen LogP contribution in [0.15, 0.2) is 42.7 Å². The molecule has 1 heterocycles. The molecule has 1 aromatic heterocycles. The first kappa shape index (κ1) is 16.6. The number of aryl methyl sites for hydroxylation is 3. The van der Waals surface area contributed by atoms with Crippen molar-refractivity contribution in [2.75, 3.05) is 6.54 Å². The van der Waals surface area contributed by atoms with Crippen LogP contribution in [-0.2, 0) is 19.4 Å². The number of rotatable bonds is 5. The van der Waals surface area contributed by atoms with Crippen LogP contribution in [0.4, 0.5) is 0 Å². The molecule has 2 aromatic carbocycles. The number of carbonyl (C=O) groups is 1. The van der Waals surface area contributed by atoms with Gasteiger partial charge in [-0.1, -0.05) is 12.1 Å². The number of hydrogen-bond donors (Lipinski definition) is 2. The van der Waals surface area contributed by atoms with Gasteiger partial charge in [0, 0.05) is 13.1 Å². The molecule has 2 N–H and O–H groups in total. The summed E-state index contributed by atoms with van der Waals surface area (Å²) >= 11 is 0. The molecule has 0 radical (unpaired) electrons. The lowest BCUT2D eigenvalue weighted by atomic mass is 9.90. The van der Waals surface area contributed by atoms with Crippen LogP contribution in [0.25, 0.3) is 11.0 Å². The van der Waals surface area contributed by atoms with E-state index in [0.717, 1.165) is 49.7 Å². The molecular formula is C21H23N3O2. The van der Waals surface area contributed by atoms with Gasteiger partial charge < -0.3 is 15.0 Å².